The highest BCUT2D eigenvalue weighted by Crippen LogP contribution is 2.59. The molecular weight excluding hydrogens is 272 g/mol. The molecule has 0 heterocycles. The number of benzene rings is 1. The Balaban J connectivity index is 1.98. The van der Waals surface area contributed by atoms with E-state index in [1.807, 2.05) is 6.92 Å². The lowest BCUT2D eigenvalue weighted by Gasteiger charge is -2.42. The molecule has 0 aliphatic heterocycles. The molecule has 1 fully saturated rings. The zero-order valence-electron chi connectivity index (χ0n) is 13.9. The Hall–Kier alpha value is -1.15. The third-order valence-corrected chi connectivity index (χ3v) is 5.86. The van der Waals surface area contributed by atoms with Crippen molar-refractivity contribution in [2.24, 2.45) is 5.92 Å². The minimum absolute atomic E-state index is 0.180. The van der Waals surface area contributed by atoms with Gasteiger partial charge >= 0.3 is 0 Å². The van der Waals surface area contributed by atoms with Crippen molar-refractivity contribution < 1.29 is 9.53 Å². The lowest BCUT2D eigenvalue weighted by Crippen LogP contribution is -2.37. The van der Waals surface area contributed by atoms with Gasteiger partial charge in [0, 0.05) is 24.9 Å². The van der Waals surface area contributed by atoms with Crippen LogP contribution in [0.3, 0.4) is 0 Å². The second-order valence-corrected chi connectivity index (χ2v) is 6.86. The van der Waals surface area contributed by atoms with Crippen LogP contribution in [0.2, 0.25) is 0 Å². The Morgan fingerprint density at radius 2 is 2.09 bits per heavy atom. The molecule has 0 unspecified atom stereocenters. The largest absolute Gasteiger partial charge is 0.373 e. The highest BCUT2D eigenvalue weighted by atomic mass is 16.5. The molecule has 3 rings (SSSR count). The van der Waals surface area contributed by atoms with E-state index in [4.69, 9.17) is 4.74 Å². The highest BCUT2D eigenvalue weighted by Gasteiger charge is 2.52. The molecule has 2 aliphatic rings. The molecule has 120 valence electrons. The molecule has 2 aliphatic carbocycles. The maximum atomic E-state index is 11.9. The predicted octanol–water partition coefficient (Wildman–Crippen LogP) is 4.97. The maximum Gasteiger partial charge on any atom is 0.132 e. The number of carbonyl (C=O) groups excluding carboxylic acids is 1. The minimum atomic E-state index is 0.180. The van der Waals surface area contributed by atoms with E-state index in [9.17, 15) is 4.79 Å². The van der Waals surface area contributed by atoms with Crippen LogP contribution in [0.4, 0.5) is 0 Å². The van der Waals surface area contributed by atoms with E-state index < -0.39 is 0 Å². The van der Waals surface area contributed by atoms with Crippen LogP contribution in [-0.2, 0) is 14.9 Å². The topological polar surface area (TPSA) is 26.3 Å². The van der Waals surface area contributed by atoms with Crippen molar-refractivity contribution >= 4 is 5.78 Å². The average molecular weight is 300 g/mol. The van der Waals surface area contributed by atoms with Crippen LogP contribution in [0.25, 0.3) is 0 Å². The standard InChI is InChI=1S/C20H28O2/c1-3-15(21)12-14-20-13-8-7-11-18(20)19(22-4-2)16-9-5-6-10-17(16)20/h5-6,9-10,18-19H,3-4,7-8,11-14H2,1-2H3/t18-,19-,20-/m1/s1. The number of Topliss-reactive ketones (excluding diaryl/α,β-unsaturated/α-hetero) is 1. The Morgan fingerprint density at radius 1 is 1.27 bits per heavy atom. The Labute approximate surface area is 134 Å². The number of fused-ring (bicyclic) bond motifs is 3. The van der Waals surface area contributed by atoms with Gasteiger partial charge in [0.05, 0.1) is 6.10 Å². The van der Waals surface area contributed by atoms with E-state index in [1.54, 1.807) is 0 Å². The van der Waals surface area contributed by atoms with Crippen LogP contribution in [0.15, 0.2) is 24.3 Å². The molecule has 0 amide bonds. The van der Waals surface area contributed by atoms with Gasteiger partial charge in [-0.05, 0) is 43.2 Å². The van der Waals surface area contributed by atoms with Gasteiger partial charge in [-0.3, -0.25) is 4.79 Å². The first-order chi connectivity index (χ1) is 10.7. The number of carbonyl (C=O) groups is 1. The van der Waals surface area contributed by atoms with Gasteiger partial charge < -0.3 is 4.74 Å². The fraction of sp³-hybridized carbons (Fsp3) is 0.650. The normalized spacial score (nSPS) is 29.9. The van der Waals surface area contributed by atoms with Crippen LogP contribution in [-0.4, -0.2) is 12.4 Å². The van der Waals surface area contributed by atoms with E-state index in [-0.39, 0.29) is 11.5 Å². The van der Waals surface area contributed by atoms with Gasteiger partial charge in [-0.25, -0.2) is 0 Å². The van der Waals surface area contributed by atoms with E-state index in [0.717, 1.165) is 19.4 Å². The monoisotopic (exact) mass is 300 g/mol. The summed E-state index contributed by atoms with van der Waals surface area (Å²) in [6.07, 6.45) is 7.66. The van der Waals surface area contributed by atoms with E-state index in [2.05, 4.69) is 31.2 Å². The summed E-state index contributed by atoms with van der Waals surface area (Å²) >= 11 is 0. The lowest BCUT2D eigenvalue weighted by atomic mass is 9.63. The second kappa shape index (κ2) is 6.54. The zero-order chi connectivity index (χ0) is 15.6. The smallest absolute Gasteiger partial charge is 0.132 e. The van der Waals surface area contributed by atoms with Crippen molar-refractivity contribution in [3.63, 3.8) is 0 Å². The van der Waals surface area contributed by atoms with Gasteiger partial charge in [0.2, 0.25) is 0 Å². The molecule has 0 bridgehead atoms. The third kappa shape index (κ3) is 2.52. The fourth-order valence-electron chi connectivity index (χ4n) is 4.83. The Bertz CT molecular complexity index is 536. The number of hydrogen-bond acceptors (Lipinski definition) is 2. The quantitative estimate of drug-likeness (QED) is 0.742. The Morgan fingerprint density at radius 3 is 2.86 bits per heavy atom. The van der Waals surface area contributed by atoms with Crippen LogP contribution < -0.4 is 0 Å². The molecule has 2 heteroatoms. The molecule has 1 saturated carbocycles. The van der Waals surface area contributed by atoms with E-state index >= 15 is 0 Å². The zero-order valence-corrected chi connectivity index (χ0v) is 13.9. The van der Waals surface area contributed by atoms with Crippen LogP contribution in [0.5, 0.6) is 0 Å². The molecule has 0 aromatic heterocycles. The molecule has 0 radical (unpaired) electrons. The summed E-state index contributed by atoms with van der Waals surface area (Å²) < 4.78 is 6.17. The summed E-state index contributed by atoms with van der Waals surface area (Å²) in [6.45, 7) is 4.83. The van der Waals surface area contributed by atoms with Gasteiger partial charge in [0.15, 0.2) is 0 Å². The maximum absolute atomic E-state index is 11.9. The van der Waals surface area contributed by atoms with Gasteiger partial charge in [-0.15, -0.1) is 0 Å². The first-order valence-corrected chi connectivity index (χ1v) is 8.95. The summed E-state index contributed by atoms with van der Waals surface area (Å²) in [5.41, 5.74) is 3.04. The van der Waals surface area contributed by atoms with Crippen molar-refractivity contribution in [3.05, 3.63) is 35.4 Å². The van der Waals surface area contributed by atoms with Gasteiger partial charge in [0.25, 0.3) is 0 Å². The summed E-state index contributed by atoms with van der Waals surface area (Å²) in [6, 6.07) is 8.83. The first-order valence-electron chi connectivity index (χ1n) is 8.95. The summed E-state index contributed by atoms with van der Waals surface area (Å²) in [7, 11) is 0. The fourth-order valence-corrected chi connectivity index (χ4v) is 4.83. The van der Waals surface area contributed by atoms with Gasteiger partial charge in [-0.2, -0.15) is 0 Å². The molecule has 22 heavy (non-hydrogen) atoms. The molecule has 2 nitrogen and oxygen atoms in total. The van der Waals surface area contributed by atoms with Crippen molar-refractivity contribution in [3.8, 4) is 0 Å². The van der Waals surface area contributed by atoms with Crippen molar-refractivity contribution in [1.29, 1.82) is 0 Å². The molecule has 0 N–H and O–H groups in total. The molecular formula is C20H28O2. The van der Waals surface area contributed by atoms with Crippen LogP contribution in [0.1, 0.15) is 76.0 Å². The lowest BCUT2D eigenvalue weighted by molar-refractivity contribution is -0.119. The van der Waals surface area contributed by atoms with E-state index in [1.165, 1.54) is 36.8 Å². The van der Waals surface area contributed by atoms with E-state index in [0.29, 0.717) is 18.1 Å². The van der Waals surface area contributed by atoms with Crippen molar-refractivity contribution in [2.75, 3.05) is 6.61 Å². The summed E-state index contributed by atoms with van der Waals surface area (Å²) in [5, 5.41) is 0. The predicted molar refractivity (Wildman–Crippen MR) is 89.0 cm³/mol. The third-order valence-electron chi connectivity index (χ3n) is 5.86. The number of ether oxygens (including phenoxy) is 1. The highest BCUT2D eigenvalue weighted by molar-refractivity contribution is 5.78. The first kappa shape index (κ1) is 15.7. The second-order valence-electron chi connectivity index (χ2n) is 6.86. The van der Waals surface area contributed by atoms with Crippen molar-refractivity contribution in [1.82, 2.24) is 0 Å². The number of rotatable bonds is 6. The van der Waals surface area contributed by atoms with Crippen LogP contribution >= 0.6 is 0 Å². The van der Waals surface area contributed by atoms with Gasteiger partial charge in [0.1, 0.15) is 5.78 Å². The van der Waals surface area contributed by atoms with Crippen LogP contribution in [0, 0.1) is 5.92 Å². The minimum Gasteiger partial charge on any atom is -0.373 e. The molecule has 3 atom stereocenters. The summed E-state index contributed by atoms with van der Waals surface area (Å²) in [4.78, 5) is 11.9. The average Bonchev–Trinajstić information content (AvgIpc) is 2.84. The SMILES string of the molecule is CCO[C@@H]1c2ccccc2[C@]2(CCC(=O)CC)CCCC[C@H]12. The molecule has 1 aromatic carbocycles. The molecule has 1 aromatic rings. The number of ketones is 1. The molecule has 0 saturated heterocycles. The number of hydrogen-bond donors (Lipinski definition) is 0. The summed E-state index contributed by atoms with van der Waals surface area (Å²) in [5.74, 6) is 0.958. The van der Waals surface area contributed by atoms with Gasteiger partial charge in [-0.1, -0.05) is 44.0 Å². The van der Waals surface area contributed by atoms with Crippen molar-refractivity contribution in [2.45, 2.75) is 70.3 Å². The molecule has 0 spiro atoms. The Kier molecular flexibility index (Phi) is 4.67.